The molecule has 5 nitrogen and oxygen atoms in total. The SMILES string of the molecule is Cc1ccc(OCc2csc(C(=O)Nc3cccc(Cn4cccn4)c3)c2)cc1C. The summed E-state index contributed by atoms with van der Waals surface area (Å²) in [6, 6.07) is 17.6. The molecule has 0 bridgehead atoms. The maximum Gasteiger partial charge on any atom is 0.265 e. The molecule has 0 atom stereocenters. The van der Waals surface area contributed by atoms with E-state index in [0.717, 1.165) is 22.6 Å². The number of carbonyl (C=O) groups excluding carboxylic acids is 1. The first-order valence-electron chi connectivity index (χ1n) is 9.72. The Morgan fingerprint density at radius 3 is 2.77 bits per heavy atom. The van der Waals surface area contributed by atoms with Gasteiger partial charge in [0.15, 0.2) is 0 Å². The predicted octanol–water partition coefficient (Wildman–Crippen LogP) is 5.44. The van der Waals surface area contributed by atoms with Crippen LogP contribution in [-0.2, 0) is 13.2 Å². The Morgan fingerprint density at radius 2 is 1.97 bits per heavy atom. The van der Waals surface area contributed by atoms with Gasteiger partial charge in [-0.25, -0.2) is 0 Å². The van der Waals surface area contributed by atoms with Crippen LogP contribution in [0.25, 0.3) is 0 Å². The highest BCUT2D eigenvalue weighted by Crippen LogP contribution is 2.21. The molecule has 2 aromatic heterocycles. The minimum Gasteiger partial charge on any atom is -0.489 e. The summed E-state index contributed by atoms with van der Waals surface area (Å²) in [6.07, 6.45) is 3.67. The van der Waals surface area contributed by atoms with E-state index in [1.54, 1.807) is 6.20 Å². The molecule has 30 heavy (non-hydrogen) atoms. The van der Waals surface area contributed by atoms with Crippen molar-refractivity contribution in [3.63, 3.8) is 0 Å². The molecule has 6 heteroatoms. The molecule has 0 saturated heterocycles. The molecule has 0 aliphatic rings. The Morgan fingerprint density at radius 1 is 1.07 bits per heavy atom. The number of thiophene rings is 1. The molecule has 1 amide bonds. The van der Waals surface area contributed by atoms with E-state index in [-0.39, 0.29) is 5.91 Å². The van der Waals surface area contributed by atoms with Gasteiger partial charge in [-0.3, -0.25) is 9.48 Å². The highest BCUT2D eigenvalue weighted by atomic mass is 32.1. The molecule has 0 saturated carbocycles. The van der Waals surface area contributed by atoms with Gasteiger partial charge in [-0.15, -0.1) is 11.3 Å². The van der Waals surface area contributed by atoms with Crippen molar-refractivity contribution in [3.8, 4) is 5.75 Å². The molecule has 4 aromatic rings. The molecule has 2 heterocycles. The Kier molecular flexibility index (Phi) is 5.95. The summed E-state index contributed by atoms with van der Waals surface area (Å²) in [4.78, 5) is 13.3. The summed E-state index contributed by atoms with van der Waals surface area (Å²) in [7, 11) is 0. The van der Waals surface area contributed by atoms with E-state index < -0.39 is 0 Å². The van der Waals surface area contributed by atoms with Crippen molar-refractivity contribution >= 4 is 22.9 Å². The molecule has 0 radical (unpaired) electrons. The zero-order valence-electron chi connectivity index (χ0n) is 17.0. The second-order valence-electron chi connectivity index (χ2n) is 7.21. The molecular formula is C24H23N3O2S. The first kappa shape index (κ1) is 19.9. The van der Waals surface area contributed by atoms with Crippen LogP contribution in [0.2, 0.25) is 0 Å². The largest absolute Gasteiger partial charge is 0.489 e. The van der Waals surface area contributed by atoms with Gasteiger partial charge in [-0.2, -0.15) is 5.10 Å². The van der Waals surface area contributed by atoms with E-state index >= 15 is 0 Å². The van der Waals surface area contributed by atoms with Crippen molar-refractivity contribution in [3.05, 3.63) is 99.5 Å². The summed E-state index contributed by atoms with van der Waals surface area (Å²) in [5.74, 6) is 0.720. The van der Waals surface area contributed by atoms with Gasteiger partial charge in [0.2, 0.25) is 0 Å². The van der Waals surface area contributed by atoms with Crippen LogP contribution in [0.4, 0.5) is 5.69 Å². The number of carbonyl (C=O) groups is 1. The third-order valence-corrected chi connectivity index (χ3v) is 5.83. The average molecular weight is 418 g/mol. The smallest absolute Gasteiger partial charge is 0.265 e. The lowest BCUT2D eigenvalue weighted by molar-refractivity contribution is 0.103. The van der Waals surface area contributed by atoms with Gasteiger partial charge in [0, 0.05) is 23.6 Å². The van der Waals surface area contributed by atoms with E-state index in [0.29, 0.717) is 18.0 Å². The van der Waals surface area contributed by atoms with Crippen LogP contribution < -0.4 is 10.1 Å². The highest BCUT2D eigenvalue weighted by molar-refractivity contribution is 7.12. The number of ether oxygens (including phenoxy) is 1. The number of anilines is 1. The van der Waals surface area contributed by atoms with Gasteiger partial charge in [-0.05, 0) is 72.3 Å². The lowest BCUT2D eigenvalue weighted by Crippen LogP contribution is -2.10. The quantitative estimate of drug-likeness (QED) is 0.436. The number of nitrogens with zero attached hydrogens (tertiary/aromatic N) is 2. The van der Waals surface area contributed by atoms with Crippen molar-refractivity contribution in [2.24, 2.45) is 0 Å². The van der Waals surface area contributed by atoms with E-state index in [9.17, 15) is 4.79 Å². The van der Waals surface area contributed by atoms with Gasteiger partial charge in [0.25, 0.3) is 5.91 Å². The lowest BCUT2D eigenvalue weighted by atomic mass is 10.1. The Hall–Kier alpha value is -3.38. The van der Waals surface area contributed by atoms with Gasteiger partial charge >= 0.3 is 0 Å². The summed E-state index contributed by atoms with van der Waals surface area (Å²) in [5, 5.41) is 9.16. The van der Waals surface area contributed by atoms with Crippen LogP contribution in [0, 0.1) is 13.8 Å². The highest BCUT2D eigenvalue weighted by Gasteiger charge is 2.11. The second kappa shape index (κ2) is 8.97. The van der Waals surface area contributed by atoms with Gasteiger partial charge in [0.05, 0.1) is 11.4 Å². The van der Waals surface area contributed by atoms with Crippen LogP contribution in [0.5, 0.6) is 5.75 Å². The van der Waals surface area contributed by atoms with Crippen molar-refractivity contribution in [2.45, 2.75) is 27.0 Å². The third kappa shape index (κ3) is 4.96. The third-order valence-electron chi connectivity index (χ3n) is 4.85. The lowest BCUT2D eigenvalue weighted by Gasteiger charge is -2.07. The zero-order valence-corrected chi connectivity index (χ0v) is 17.8. The molecule has 4 rings (SSSR count). The first-order chi connectivity index (χ1) is 14.6. The Balaban J connectivity index is 1.36. The number of amides is 1. The van der Waals surface area contributed by atoms with E-state index in [4.69, 9.17) is 4.74 Å². The molecule has 0 aliphatic carbocycles. The number of hydrogen-bond donors (Lipinski definition) is 1. The van der Waals surface area contributed by atoms with Crippen molar-refractivity contribution in [1.29, 1.82) is 0 Å². The molecule has 0 spiro atoms. The van der Waals surface area contributed by atoms with E-state index in [2.05, 4.69) is 30.3 Å². The fourth-order valence-corrected chi connectivity index (χ4v) is 3.85. The number of aromatic nitrogens is 2. The molecule has 2 aromatic carbocycles. The predicted molar refractivity (Wildman–Crippen MR) is 120 cm³/mol. The minimum atomic E-state index is -0.117. The molecular weight excluding hydrogens is 394 g/mol. The molecule has 0 fully saturated rings. The monoisotopic (exact) mass is 417 g/mol. The van der Waals surface area contributed by atoms with Crippen LogP contribution >= 0.6 is 11.3 Å². The minimum absolute atomic E-state index is 0.117. The van der Waals surface area contributed by atoms with Crippen LogP contribution in [0.15, 0.2) is 72.4 Å². The summed E-state index contributed by atoms with van der Waals surface area (Å²) in [6.45, 7) is 5.25. The number of hydrogen-bond acceptors (Lipinski definition) is 4. The second-order valence-corrected chi connectivity index (χ2v) is 8.12. The first-order valence-corrected chi connectivity index (χ1v) is 10.6. The summed E-state index contributed by atoms with van der Waals surface area (Å²) in [5.41, 5.74) is 5.27. The topological polar surface area (TPSA) is 56.1 Å². The average Bonchev–Trinajstić information content (AvgIpc) is 3.41. The van der Waals surface area contributed by atoms with Gasteiger partial charge in [0.1, 0.15) is 12.4 Å². The van der Waals surface area contributed by atoms with Crippen molar-refractivity contribution in [1.82, 2.24) is 9.78 Å². The number of aryl methyl sites for hydroxylation is 2. The Bertz CT molecular complexity index is 1150. The summed E-state index contributed by atoms with van der Waals surface area (Å²) < 4.78 is 7.72. The van der Waals surface area contributed by atoms with Gasteiger partial charge in [-0.1, -0.05) is 18.2 Å². The van der Waals surface area contributed by atoms with E-state index in [1.807, 2.05) is 64.8 Å². The summed E-state index contributed by atoms with van der Waals surface area (Å²) >= 11 is 1.42. The molecule has 0 unspecified atom stereocenters. The molecule has 152 valence electrons. The number of benzene rings is 2. The van der Waals surface area contributed by atoms with Gasteiger partial charge < -0.3 is 10.1 Å². The molecule has 1 N–H and O–H groups in total. The van der Waals surface area contributed by atoms with Crippen molar-refractivity contribution in [2.75, 3.05) is 5.32 Å². The standard InChI is InChI=1S/C24H23N3O2S/c1-17-7-8-22(11-18(17)2)29-15-20-13-23(30-16-20)24(28)26-21-6-3-5-19(12-21)14-27-10-4-9-25-27/h3-13,16H,14-15H2,1-2H3,(H,26,28). The normalized spacial score (nSPS) is 10.7. The Labute approximate surface area is 179 Å². The van der Waals surface area contributed by atoms with E-state index in [1.165, 1.54) is 22.5 Å². The number of nitrogens with one attached hydrogen (secondary N) is 1. The molecule has 0 aliphatic heterocycles. The number of rotatable bonds is 7. The maximum atomic E-state index is 12.7. The fraction of sp³-hybridized carbons (Fsp3) is 0.167. The van der Waals surface area contributed by atoms with Crippen LogP contribution in [-0.4, -0.2) is 15.7 Å². The zero-order chi connectivity index (χ0) is 20.9. The van der Waals surface area contributed by atoms with Crippen LogP contribution in [0.1, 0.15) is 31.9 Å². The fourth-order valence-electron chi connectivity index (χ4n) is 3.06. The van der Waals surface area contributed by atoms with Crippen molar-refractivity contribution < 1.29 is 9.53 Å². The van der Waals surface area contributed by atoms with Crippen LogP contribution in [0.3, 0.4) is 0 Å². The maximum absolute atomic E-state index is 12.7.